The Hall–Kier alpha value is -3.13. The molecule has 0 aromatic heterocycles. The molecule has 5 nitrogen and oxygen atoms in total. The van der Waals surface area contributed by atoms with Gasteiger partial charge in [-0.2, -0.15) is 0 Å². The van der Waals surface area contributed by atoms with Crippen LogP contribution >= 0.6 is 0 Å². The van der Waals surface area contributed by atoms with Crippen molar-refractivity contribution in [1.82, 2.24) is 5.32 Å². The quantitative estimate of drug-likeness (QED) is 0.813. The van der Waals surface area contributed by atoms with Gasteiger partial charge in [-0.1, -0.05) is 49.1 Å². The average Bonchev–Trinajstić information content (AvgIpc) is 3.14. The molecule has 1 unspecified atom stereocenters. The second-order valence-corrected chi connectivity index (χ2v) is 5.75. The molecule has 3 rings (SSSR count). The molecule has 0 saturated heterocycles. The van der Waals surface area contributed by atoms with Crippen LogP contribution in [-0.2, 0) is 4.79 Å². The van der Waals surface area contributed by atoms with Crippen LogP contribution < -0.4 is 19.5 Å². The van der Waals surface area contributed by atoms with Gasteiger partial charge in [-0.15, -0.1) is 0 Å². The number of amides is 1. The molecule has 0 bridgehead atoms. The summed E-state index contributed by atoms with van der Waals surface area (Å²) < 4.78 is 16.1. The summed E-state index contributed by atoms with van der Waals surface area (Å²) in [5.41, 5.74) is 1.02. The van der Waals surface area contributed by atoms with Crippen LogP contribution in [0.2, 0.25) is 0 Å². The fourth-order valence-corrected chi connectivity index (χ4v) is 2.71. The average molecular weight is 351 g/mol. The topological polar surface area (TPSA) is 56.8 Å². The van der Waals surface area contributed by atoms with Crippen LogP contribution in [0.3, 0.4) is 0 Å². The number of rotatable bonds is 6. The summed E-state index contributed by atoms with van der Waals surface area (Å²) in [5, 5.41) is 2.86. The highest BCUT2D eigenvalue weighted by Crippen LogP contribution is 2.34. The Labute approximate surface area is 153 Å². The van der Waals surface area contributed by atoms with Crippen molar-refractivity contribution in [2.24, 2.45) is 0 Å². The number of benzene rings is 2. The number of fused-ring (bicyclic) bond motifs is 1. The highest BCUT2D eigenvalue weighted by molar-refractivity contribution is 5.83. The number of ether oxygens (including phenoxy) is 3. The maximum atomic E-state index is 12.3. The molecule has 0 fully saturated rings. The van der Waals surface area contributed by atoms with E-state index in [0.29, 0.717) is 18.0 Å². The van der Waals surface area contributed by atoms with E-state index in [1.54, 1.807) is 12.1 Å². The molecule has 1 aliphatic heterocycles. The van der Waals surface area contributed by atoms with Crippen LogP contribution in [0.5, 0.6) is 17.2 Å². The van der Waals surface area contributed by atoms with Gasteiger partial charge in [-0.3, -0.25) is 4.79 Å². The van der Waals surface area contributed by atoms with E-state index in [1.165, 1.54) is 0 Å². The number of hydrogen-bond acceptors (Lipinski definition) is 4. The maximum absolute atomic E-state index is 12.3. The third kappa shape index (κ3) is 4.48. The van der Waals surface area contributed by atoms with Crippen molar-refractivity contribution in [2.45, 2.75) is 19.3 Å². The van der Waals surface area contributed by atoms with Gasteiger partial charge in [0.15, 0.2) is 11.5 Å². The van der Waals surface area contributed by atoms with Crippen molar-refractivity contribution in [3.63, 3.8) is 0 Å². The van der Waals surface area contributed by atoms with Crippen molar-refractivity contribution in [1.29, 1.82) is 0 Å². The van der Waals surface area contributed by atoms with Gasteiger partial charge < -0.3 is 19.5 Å². The minimum atomic E-state index is -0.150. The molecular weight excluding hydrogens is 330 g/mol. The summed E-state index contributed by atoms with van der Waals surface area (Å²) in [6, 6.07) is 15.2. The Balaban J connectivity index is 1.43. The molecular formula is C21H21NO4. The summed E-state index contributed by atoms with van der Waals surface area (Å²) >= 11 is 0. The van der Waals surface area contributed by atoms with Gasteiger partial charge in [0.25, 0.3) is 0 Å². The number of nitrogens with one attached hydrogen (secondary N) is 1. The Kier molecular flexibility index (Phi) is 6.00. The molecule has 1 heterocycles. The highest BCUT2D eigenvalue weighted by atomic mass is 16.7. The molecule has 0 spiro atoms. The largest absolute Gasteiger partial charge is 0.481 e. The zero-order valence-corrected chi connectivity index (χ0v) is 14.7. The SMILES string of the molecule is CCC(C(=O)NCC#CCOc1ccc2c(c1)OCO2)c1ccccc1. The van der Waals surface area contributed by atoms with Gasteiger partial charge in [0.1, 0.15) is 12.4 Å². The Morgan fingerprint density at radius 3 is 2.77 bits per heavy atom. The van der Waals surface area contributed by atoms with Crippen molar-refractivity contribution in [2.75, 3.05) is 19.9 Å². The van der Waals surface area contributed by atoms with Crippen LogP contribution in [0, 0.1) is 11.8 Å². The predicted molar refractivity (Wildman–Crippen MR) is 98.3 cm³/mol. The Bertz CT molecular complexity index is 808. The lowest BCUT2D eigenvalue weighted by Gasteiger charge is -2.14. The van der Waals surface area contributed by atoms with E-state index < -0.39 is 0 Å². The molecule has 1 N–H and O–H groups in total. The van der Waals surface area contributed by atoms with Gasteiger partial charge in [-0.05, 0) is 24.1 Å². The lowest BCUT2D eigenvalue weighted by atomic mass is 9.96. The smallest absolute Gasteiger partial charge is 0.231 e. The van der Waals surface area contributed by atoms with Gasteiger partial charge >= 0.3 is 0 Å². The van der Waals surface area contributed by atoms with Gasteiger partial charge in [0.05, 0.1) is 12.5 Å². The predicted octanol–water partition coefficient (Wildman–Crippen LogP) is 3.11. The number of carbonyl (C=O) groups excluding carboxylic acids is 1. The molecule has 0 saturated carbocycles. The molecule has 0 radical (unpaired) electrons. The van der Waals surface area contributed by atoms with Gasteiger partial charge in [-0.25, -0.2) is 0 Å². The number of hydrogen-bond donors (Lipinski definition) is 1. The van der Waals surface area contributed by atoms with E-state index in [-0.39, 0.29) is 25.2 Å². The van der Waals surface area contributed by atoms with Crippen molar-refractivity contribution < 1.29 is 19.0 Å². The van der Waals surface area contributed by atoms with Crippen LogP contribution in [0.15, 0.2) is 48.5 Å². The van der Waals surface area contributed by atoms with Crippen molar-refractivity contribution in [3.8, 4) is 29.1 Å². The zero-order chi connectivity index (χ0) is 18.2. The summed E-state index contributed by atoms with van der Waals surface area (Å²) in [4.78, 5) is 12.3. The molecule has 1 aliphatic rings. The highest BCUT2D eigenvalue weighted by Gasteiger charge is 2.17. The Morgan fingerprint density at radius 2 is 1.96 bits per heavy atom. The van der Waals surface area contributed by atoms with E-state index in [4.69, 9.17) is 14.2 Å². The fourth-order valence-electron chi connectivity index (χ4n) is 2.71. The third-order valence-corrected chi connectivity index (χ3v) is 4.06. The summed E-state index contributed by atoms with van der Waals surface area (Å²) in [6.45, 7) is 2.78. The lowest BCUT2D eigenvalue weighted by molar-refractivity contribution is -0.122. The van der Waals surface area contributed by atoms with E-state index in [0.717, 1.165) is 17.7 Å². The third-order valence-electron chi connectivity index (χ3n) is 4.06. The molecule has 2 aromatic rings. The summed E-state index contributed by atoms with van der Waals surface area (Å²) in [6.07, 6.45) is 0.747. The second kappa shape index (κ2) is 8.82. The van der Waals surface area contributed by atoms with Crippen molar-refractivity contribution >= 4 is 5.91 Å². The minimum absolute atomic E-state index is 0.00955. The van der Waals surface area contributed by atoms with Crippen LogP contribution in [0.1, 0.15) is 24.8 Å². The molecule has 26 heavy (non-hydrogen) atoms. The lowest BCUT2D eigenvalue weighted by Crippen LogP contribution is -2.29. The van der Waals surface area contributed by atoms with Gasteiger partial charge in [0.2, 0.25) is 12.7 Å². The summed E-state index contributed by atoms with van der Waals surface area (Å²) in [7, 11) is 0. The number of carbonyl (C=O) groups is 1. The van der Waals surface area contributed by atoms with E-state index >= 15 is 0 Å². The molecule has 134 valence electrons. The standard InChI is InChI=1S/C21H21NO4/c1-2-18(16-8-4-3-5-9-16)21(23)22-12-6-7-13-24-17-10-11-19-20(14-17)26-15-25-19/h3-5,8-11,14,18H,2,12-13,15H2,1H3,(H,22,23). The van der Waals surface area contributed by atoms with Crippen molar-refractivity contribution in [3.05, 3.63) is 54.1 Å². The second-order valence-electron chi connectivity index (χ2n) is 5.75. The van der Waals surface area contributed by atoms with E-state index in [1.807, 2.05) is 43.3 Å². The molecule has 1 amide bonds. The normalized spacial score (nSPS) is 12.7. The first-order valence-corrected chi connectivity index (χ1v) is 8.58. The fraction of sp³-hybridized carbons (Fsp3) is 0.286. The molecule has 2 aromatic carbocycles. The zero-order valence-electron chi connectivity index (χ0n) is 14.7. The molecule has 0 aliphatic carbocycles. The van der Waals surface area contributed by atoms with Crippen LogP contribution in [0.25, 0.3) is 0 Å². The van der Waals surface area contributed by atoms with E-state index in [2.05, 4.69) is 17.2 Å². The van der Waals surface area contributed by atoms with Gasteiger partial charge in [0, 0.05) is 6.07 Å². The first-order valence-electron chi connectivity index (χ1n) is 8.58. The van der Waals surface area contributed by atoms with E-state index in [9.17, 15) is 4.79 Å². The van der Waals surface area contributed by atoms with Crippen LogP contribution in [-0.4, -0.2) is 25.9 Å². The minimum Gasteiger partial charge on any atom is -0.481 e. The monoisotopic (exact) mass is 351 g/mol. The summed E-state index contributed by atoms with van der Waals surface area (Å²) in [5.74, 6) is 7.70. The Morgan fingerprint density at radius 1 is 1.15 bits per heavy atom. The maximum Gasteiger partial charge on any atom is 0.231 e. The first kappa shape index (κ1) is 17.7. The molecule has 5 heteroatoms. The van der Waals surface area contributed by atoms with Crippen LogP contribution in [0.4, 0.5) is 0 Å². The molecule has 1 atom stereocenters. The first-order chi connectivity index (χ1) is 12.8.